The van der Waals surface area contributed by atoms with E-state index in [0.717, 1.165) is 30.1 Å². The van der Waals surface area contributed by atoms with E-state index >= 15 is 0 Å². The number of carbonyl (C=O) groups excluding carboxylic acids is 1. The highest BCUT2D eigenvalue weighted by Crippen LogP contribution is 2.29. The number of aromatic nitrogens is 3. The molecule has 10 heteroatoms. The average Bonchev–Trinajstić information content (AvgIpc) is 3.07. The smallest absolute Gasteiger partial charge is 0.321 e. The molecule has 2 heterocycles. The second kappa shape index (κ2) is 10.1. The van der Waals surface area contributed by atoms with Crippen LogP contribution >= 0.6 is 11.6 Å². The zero-order valence-corrected chi connectivity index (χ0v) is 19.3. The van der Waals surface area contributed by atoms with Crippen molar-refractivity contribution in [2.75, 3.05) is 43.0 Å². The molecule has 0 radical (unpaired) electrons. The maximum absolute atomic E-state index is 13.4. The summed E-state index contributed by atoms with van der Waals surface area (Å²) >= 11 is 5.82. The largest absolute Gasteiger partial charge is 0.492 e. The van der Waals surface area contributed by atoms with Crippen molar-refractivity contribution in [1.82, 2.24) is 19.7 Å². The van der Waals surface area contributed by atoms with E-state index in [0.29, 0.717) is 37.8 Å². The highest BCUT2D eigenvalue weighted by molar-refractivity contribution is 6.31. The summed E-state index contributed by atoms with van der Waals surface area (Å²) in [4.78, 5) is 20.9. The second-order valence-electron chi connectivity index (χ2n) is 7.71. The van der Waals surface area contributed by atoms with Gasteiger partial charge in [0.15, 0.2) is 0 Å². The minimum absolute atomic E-state index is 0.0237. The molecule has 4 rings (SSSR count). The summed E-state index contributed by atoms with van der Waals surface area (Å²) in [5.74, 6) is 0.902. The summed E-state index contributed by atoms with van der Waals surface area (Å²) < 4.78 is 21.0. The normalized spacial score (nSPS) is 14.2. The van der Waals surface area contributed by atoms with Crippen LogP contribution in [0.4, 0.5) is 20.6 Å². The lowest BCUT2D eigenvalue weighted by molar-refractivity contribution is 0.215. The fraction of sp³-hybridized carbons (Fsp3) is 0.348. The molecule has 174 valence electrons. The average molecular weight is 473 g/mol. The first-order valence-electron chi connectivity index (χ1n) is 10.9. The molecule has 1 N–H and O–H groups in total. The van der Waals surface area contributed by atoms with Crippen molar-refractivity contribution in [2.24, 2.45) is 0 Å². The molecular weight excluding hydrogens is 447 g/mol. The first-order chi connectivity index (χ1) is 15.9. The predicted molar refractivity (Wildman–Crippen MR) is 126 cm³/mol. The van der Waals surface area contributed by atoms with E-state index in [1.807, 2.05) is 32.0 Å². The SMILES string of the molecule is CCOc1cc(N2CCCN(C(=O)Nc3ccc(F)c(Cl)c3)CC2)ccc1-n1cnc(C)n1. The van der Waals surface area contributed by atoms with Gasteiger partial charge in [0, 0.05) is 43.6 Å². The maximum Gasteiger partial charge on any atom is 0.321 e. The topological polar surface area (TPSA) is 75.5 Å². The molecule has 8 nitrogen and oxygen atoms in total. The van der Waals surface area contributed by atoms with Crippen LogP contribution in [0.25, 0.3) is 5.69 Å². The number of nitrogens with one attached hydrogen (secondary N) is 1. The molecule has 3 aromatic rings. The Morgan fingerprint density at radius 1 is 1.18 bits per heavy atom. The lowest BCUT2D eigenvalue weighted by Crippen LogP contribution is -2.38. The molecule has 0 unspecified atom stereocenters. The Hall–Kier alpha value is -3.33. The third kappa shape index (κ3) is 5.36. The number of aryl methyl sites for hydroxylation is 1. The summed E-state index contributed by atoms with van der Waals surface area (Å²) in [6, 6.07) is 9.93. The Balaban J connectivity index is 1.45. The van der Waals surface area contributed by atoms with Crippen LogP contribution in [-0.2, 0) is 0 Å². The van der Waals surface area contributed by atoms with Gasteiger partial charge >= 0.3 is 6.03 Å². The zero-order valence-electron chi connectivity index (χ0n) is 18.6. The number of hydrogen-bond acceptors (Lipinski definition) is 5. The number of ether oxygens (including phenoxy) is 1. The van der Waals surface area contributed by atoms with Crippen LogP contribution in [0.5, 0.6) is 5.75 Å². The van der Waals surface area contributed by atoms with E-state index in [1.54, 1.807) is 15.9 Å². The van der Waals surface area contributed by atoms with Gasteiger partial charge in [-0.2, -0.15) is 5.10 Å². The van der Waals surface area contributed by atoms with Gasteiger partial charge in [-0.3, -0.25) is 0 Å². The fourth-order valence-electron chi connectivity index (χ4n) is 3.78. The molecule has 0 atom stereocenters. The van der Waals surface area contributed by atoms with Crippen LogP contribution in [0, 0.1) is 12.7 Å². The highest BCUT2D eigenvalue weighted by Gasteiger charge is 2.21. The van der Waals surface area contributed by atoms with E-state index in [1.165, 1.54) is 18.2 Å². The number of benzene rings is 2. The molecule has 1 aromatic heterocycles. The predicted octanol–water partition coefficient (Wildman–Crippen LogP) is 4.51. The third-order valence-corrected chi connectivity index (χ3v) is 5.71. The van der Waals surface area contributed by atoms with Gasteiger partial charge in [0.25, 0.3) is 0 Å². The quantitative estimate of drug-likeness (QED) is 0.591. The first kappa shape index (κ1) is 22.8. The Morgan fingerprint density at radius 3 is 2.76 bits per heavy atom. The Bertz CT molecular complexity index is 1140. The molecule has 0 bridgehead atoms. The highest BCUT2D eigenvalue weighted by atomic mass is 35.5. The lowest BCUT2D eigenvalue weighted by Gasteiger charge is -2.25. The minimum Gasteiger partial charge on any atom is -0.492 e. The van der Waals surface area contributed by atoms with Gasteiger partial charge < -0.3 is 19.9 Å². The molecule has 1 aliphatic rings. The molecule has 1 fully saturated rings. The number of nitrogens with zero attached hydrogens (tertiary/aromatic N) is 5. The summed E-state index contributed by atoms with van der Waals surface area (Å²) in [7, 11) is 0. The van der Waals surface area contributed by atoms with E-state index in [4.69, 9.17) is 16.3 Å². The van der Waals surface area contributed by atoms with Gasteiger partial charge in [0.1, 0.15) is 29.4 Å². The van der Waals surface area contributed by atoms with Crippen LogP contribution in [0.1, 0.15) is 19.2 Å². The number of amides is 2. The van der Waals surface area contributed by atoms with E-state index in [-0.39, 0.29) is 11.1 Å². The summed E-state index contributed by atoms with van der Waals surface area (Å²) in [5.41, 5.74) is 2.31. The molecule has 0 spiro atoms. The Labute approximate surface area is 196 Å². The van der Waals surface area contributed by atoms with Crippen molar-refractivity contribution in [3.05, 3.63) is 59.4 Å². The van der Waals surface area contributed by atoms with Crippen molar-refractivity contribution in [2.45, 2.75) is 20.3 Å². The number of hydrogen-bond donors (Lipinski definition) is 1. The monoisotopic (exact) mass is 472 g/mol. The van der Waals surface area contributed by atoms with Crippen molar-refractivity contribution in [3.8, 4) is 11.4 Å². The molecule has 2 amide bonds. The van der Waals surface area contributed by atoms with Gasteiger partial charge in [-0.15, -0.1) is 0 Å². The van der Waals surface area contributed by atoms with Gasteiger partial charge in [0.2, 0.25) is 0 Å². The summed E-state index contributed by atoms with van der Waals surface area (Å²) in [6.45, 7) is 6.96. The number of anilines is 2. The number of urea groups is 1. The van der Waals surface area contributed by atoms with Gasteiger partial charge in [-0.25, -0.2) is 18.9 Å². The van der Waals surface area contributed by atoms with E-state index < -0.39 is 5.82 Å². The van der Waals surface area contributed by atoms with Crippen LogP contribution in [0.15, 0.2) is 42.7 Å². The van der Waals surface area contributed by atoms with Crippen molar-refractivity contribution in [3.63, 3.8) is 0 Å². The molecular formula is C23H26ClFN6O2. The first-order valence-corrected chi connectivity index (χ1v) is 11.2. The number of rotatable bonds is 5. The van der Waals surface area contributed by atoms with Gasteiger partial charge in [-0.05, 0) is 50.6 Å². The molecule has 1 saturated heterocycles. The van der Waals surface area contributed by atoms with Crippen molar-refractivity contribution in [1.29, 1.82) is 0 Å². The van der Waals surface area contributed by atoms with Crippen LogP contribution < -0.4 is 15.0 Å². The summed E-state index contributed by atoms with van der Waals surface area (Å²) in [5, 5.41) is 7.16. The zero-order chi connectivity index (χ0) is 23.4. The lowest BCUT2D eigenvalue weighted by atomic mass is 10.2. The van der Waals surface area contributed by atoms with Gasteiger partial charge in [0.05, 0.1) is 11.6 Å². The van der Waals surface area contributed by atoms with E-state index in [2.05, 4.69) is 20.3 Å². The molecule has 33 heavy (non-hydrogen) atoms. The molecule has 0 saturated carbocycles. The molecule has 1 aliphatic heterocycles. The standard InChI is InChI=1S/C23H26ClFN6O2/c1-3-33-22-14-18(6-8-21(22)31-15-26-16(2)28-31)29-9-4-10-30(12-11-29)23(32)27-17-5-7-20(25)19(24)13-17/h5-8,13-15H,3-4,9-12H2,1-2H3,(H,27,32). The molecule has 2 aromatic carbocycles. The van der Waals surface area contributed by atoms with Crippen LogP contribution in [-0.4, -0.2) is 58.5 Å². The van der Waals surface area contributed by atoms with Gasteiger partial charge in [-0.1, -0.05) is 11.6 Å². The number of halogens is 2. The third-order valence-electron chi connectivity index (χ3n) is 5.42. The van der Waals surface area contributed by atoms with Crippen LogP contribution in [0.3, 0.4) is 0 Å². The summed E-state index contributed by atoms with van der Waals surface area (Å²) in [6.07, 6.45) is 2.48. The maximum atomic E-state index is 13.4. The van der Waals surface area contributed by atoms with E-state index in [9.17, 15) is 9.18 Å². The molecule has 0 aliphatic carbocycles. The Kier molecular flexibility index (Phi) is 6.98. The van der Waals surface area contributed by atoms with Crippen molar-refractivity contribution < 1.29 is 13.9 Å². The Morgan fingerprint density at radius 2 is 2.03 bits per heavy atom. The van der Waals surface area contributed by atoms with Crippen molar-refractivity contribution >= 4 is 29.0 Å². The second-order valence-corrected chi connectivity index (χ2v) is 8.12. The minimum atomic E-state index is -0.517. The van der Waals surface area contributed by atoms with Crippen LogP contribution in [0.2, 0.25) is 5.02 Å². The number of carbonyl (C=O) groups is 1. The fourth-order valence-corrected chi connectivity index (χ4v) is 3.96.